The second kappa shape index (κ2) is 7.06. The van der Waals surface area contributed by atoms with Crippen LogP contribution in [0, 0.1) is 0 Å². The van der Waals surface area contributed by atoms with E-state index in [0.717, 1.165) is 10.7 Å². The fourth-order valence-corrected chi connectivity index (χ4v) is 2.15. The predicted octanol–water partition coefficient (Wildman–Crippen LogP) is 2.83. The Hall–Kier alpha value is -1.49. The number of nitrogens with zero attached hydrogens (tertiary/aromatic N) is 1. The Labute approximate surface area is 111 Å². The molecule has 0 amide bonds. The molecule has 0 saturated heterocycles. The molecule has 0 unspecified atom stereocenters. The zero-order valence-corrected chi connectivity index (χ0v) is 10.9. The molecule has 1 aromatic carbocycles. The lowest BCUT2D eigenvalue weighted by molar-refractivity contribution is 0.146. The molecule has 18 heavy (non-hydrogen) atoms. The van der Waals surface area contributed by atoms with Crippen molar-refractivity contribution in [1.29, 1.82) is 0 Å². The monoisotopic (exact) mass is 260 g/mol. The molecule has 0 aliphatic heterocycles. The first-order valence-electron chi connectivity index (χ1n) is 5.81. The SMILES string of the molecule is NCc1nc(COCC=Cc2ccccc2)cs1. The number of benzene rings is 1. The normalized spacial score (nSPS) is 11.2. The van der Waals surface area contributed by atoms with E-state index in [-0.39, 0.29) is 0 Å². The maximum Gasteiger partial charge on any atom is 0.107 e. The Morgan fingerprint density at radius 1 is 1.28 bits per heavy atom. The third kappa shape index (κ3) is 4.07. The van der Waals surface area contributed by atoms with E-state index in [2.05, 4.69) is 17.1 Å². The smallest absolute Gasteiger partial charge is 0.107 e. The van der Waals surface area contributed by atoms with Crippen molar-refractivity contribution in [2.75, 3.05) is 6.61 Å². The number of rotatable bonds is 6. The summed E-state index contributed by atoms with van der Waals surface area (Å²) in [5.41, 5.74) is 7.63. The Kier molecular flexibility index (Phi) is 5.08. The van der Waals surface area contributed by atoms with Crippen LogP contribution in [-0.2, 0) is 17.9 Å². The van der Waals surface area contributed by atoms with Crippen molar-refractivity contribution in [2.45, 2.75) is 13.2 Å². The maximum atomic E-state index is 5.52. The van der Waals surface area contributed by atoms with Gasteiger partial charge in [0.2, 0.25) is 0 Å². The lowest BCUT2D eigenvalue weighted by atomic mass is 10.2. The summed E-state index contributed by atoms with van der Waals surface area (Å²) in [5.74, 6) is 0. The predicted molar refractivity (Wildman–Crippen MR) is 75.1 cm³/mol. The molecule has 1 aromatic heterocycles. The van der Waals surface area contributed by atoms with E-state index in [1.807, 2.05) is 35.7 Å². The van der Waals surface area contributed by atoms with Crippen molar-refractivity contribution in [1.82, 2.24) is 4.98 Å². The zero-order valence-electron chi connectivity index (χ0n) is 10.1. The van der Waals surface area contributed by atoms with Gasteiger partial charge in [-0.05, 0) is 5.56 Å². The average Bonchev–Trinajstić information content (AvgIpc) is 2.87. The van der Waals surface area contributed by atoms with Crippen molar-refractivity contribution in [3.05, 3.63) is 58.1 Å². The molecule has 0 aliphatic rings. The molecule has 3 nitrogen and oxygen atoms in total. The fraction of sp³-hybridized carbons (Fsp3) is 0.214. The highest BCUT2D eigenvalue weighted by Gasteiger charge is 1.99. The second-order valence-electron chi connectivity index (χ2n) is 3.76. The topological polar surface area (TPSA) is 48.1 Å². The van der Waals surface area contributed by atoms with Crippen molar-refractivity contribution in [3.63, 3.8) is 0 Å². The lowest BCUT2D eigenvalue weighted by Crippen LogP contribution is -1.97. The van der Waals surface area contributed by atoms with Crippen LogP contribution in [0.25, 0.3) is 6.08 Å². The minimum Gasteiger partial charge on any atom is -0.371 e. The Morgan fingerprint density at radius 2 is 2.11 bits per heavy atom. The first-order chi connectivity index (χ1) is 8.88. The molecule has 4 heteroatoms. The van der Waals surface area contributed by atoms with Gasteiger partial charge in [-0.25, -0.2) is 4.98 Å². The summed E-state index contributed by atoms with van der Waals surface area (Å²) >= 11 is 1.58. The van der Waals surface area contributed by atoms with Gasteiger partial charge in [0.15, 0.2) is 0 Å². The van der Waals surface area contributed by atoms with Gasteiger partial charge < -0.3 is 10.5 Å². The molecular formula is C14H16N2OS. The van der Waals surface area contributed by atoms with E-state index in [4.69, 9.17) is 10.5 Å². The maximum absolute atomic E-state index is 5.52. The van der Waals surface area contributed by atoms with Crippen LogP contribution < -0.4 is 5.73 Å². The quantitative estimate of drug-likeness (QED) is 0.812. The standard InChI is InChI=1S/C14H16N2OS/c15-9-14-16-13(11-18-14)10-17-8-4-7-12-5-2-1-3-6-12/h1-7,11H,8-10,15H2. The van der Waals surface area contributed by atoms with E-state index in [0.29, 0.717) is 19.8 Å². The molecule has 2 N–H and O–H groups in total. The highest BCUT2D eigenvalue weighted by atomic mass is 32.1. The van der Waals surface area contributed by atoms with Gasteiger partial charge in [0.05, 0.1) is 18.9 Å². The summed E-state index contributed by atoms with van der Waals surface area (Å²) in [5, 5.41) is 2.94. The van der Waals surface area contributed by atoms with E-state index < -0.39 is 0 Å². The number of aromatic nitrogens is 1. The second-order valence-corrected chi connectivity index (χ2v) is 4.71. The Bertz CT molecular complexity index is 494. The molecule has 0 fully saturated rings. The van der Waals surface area contributed by atoms with E-state index in [9.17, 15) is 0 Å². The van der Waals surface area contributed by atoms with Crippen LogP contribution in [-0.4, -0.2) is 11.6 Å². The summed E-state index contributed by atoms with van der Waals surface area (Å²) in [6.45, 7) is 1.62. The van der Waals surface area contributed by atoms with Crippen LogP contribution in [0.3, 0.4) is 0 Å². The molecule has 0 bridgehead atoms. The summed E-state index contributed by atoms with van der Waals surface area (Å²) in [6.07, 6.45) is 4.05. The minimum absolute atomic E-state index is 0.499. The largest absolute Gasteiger partial charge is 0.371 e. The molecule has 1 heterocycles. The highest BCUT2D eigenvalue weighted by Crippen LogP contribution is 2.09. The summed E-state index contributed by atoms with van der Waals surface area (Å²) < 4.78 is 5.52. The number of thiazole rings is 1. The van der Waals surface area contributed by atoms with Crippen molar-refractivity contribution >= 4 is 17.4 Å². The van der Waals surface area contributed by atoms with Crippen LogP contribution in [0.15, 0.2) is 41.8 Å². The van der Waals surface area contributed by atoms with Crippen molar-refractivity contribution < 1.29 is 4.74 Å². The van der Waals surface area contributed by atoms with Gasteiger partial charge in [-0.3, -0.25) is 0 Å². The van der Waals surface area contributed by atoms with Crippen LogP contribution in [0.5, 0.6) is 0 Å². The molecule has 0 spiro atoms. The van der Waals surface area contributed by atoms with Gasteiger partial charge in [0.1, 0.15) is 5.01 Å². The summed E-state index contributed by atoms with van der Waals surface area (Å²) in [6, 6.07) is 10.2. The van der Waals surface area contributed by atoms with Crippen molar-refractivity contribution in [2.24, 2.45) is 5.73 Å². The van der Waals surface area contributed by atoms with E-state index in [1.54, 1.807) is 11.3 Å². The fourth-order valence-electron chi connectivity index (χ4n) is 1.49. The number of ether oxygens (including phenoxy) is 1. The number of hydrogen-bond donors (Lipinski definition) is 1. The lowest BCUT2D eigenvalue weighted by Gasteiger charge is -1.97. The van der Waals surface area contributed by atoms with Crippen molar-refractivity contribution in [3.8, 4) is 0 Å². The van der Waals surface area contributed by atoms with Gasteiger partial charge in [-0.2, -0.15) is 0 Å². The molecule has 0 saturated carbocycles. The van der Waals surface area contributed by atoms with Crippen LogP contribution in [0.2, 0.25) is 0 Å². The third-order valence-corrected chi connectivity index (χ3v) is 3.27. The summed E-state index contributed by atoms with van der Waals surface area (Å²) in [4.78, 5) is 4.33. The summed E-state index contributed by atoms with van der Waals surface area (Å²) in [7, 11) is 0. The van der Waals surface area contributed by atoms with Gasteiger partial charge in [-0.15, -0.1) is 11.3 Å². The van der Waals surface area contributed by atoms with E-state index >= 15 is 0 Å². The minimum atomic E-state index is 0.499. The number of nitrogens with two attached hydrogens (primary N) is 1. The first kappa shape index (κ1) is 13.0. The third-order valence-electron chi connectivity index (χ3n) is 2.35. The Morgan fingerprint density at radius 3 is 2.83 bits per heavy atom. The molecule has 0 atom stereocenters. The molecule has 94 valence electrons. The van der Waals surface area contributed by atoms with Gasteiger partial charge in [0.25, 0.3) is 0 Å². The molecular weight excluding hydrogens is 244 g/mol. The molecule has 2 rings (SSSR count). The van der Waals surface area contributed by atoms with Crippen LogP contribution in [0.1, 0.15) is 16.3 Å². The Balaban J connectivity index is 1.71. The molecule has 2 aromatic rings. The van der Waals surface area contributed by atoms with Crippen LogP contribution >= 0.6 is 11.3 Å². The zero-order chi connectivity index (χ0) is 12.6. The average molecular weight is 260 g/mol. The molecule has 0 radical (unpaired) electrons. The van der Waals surface area contributed by atoms with Gasteiger partial charge in [-0.1, -0.05) is 42.5 Å². The first-order valence-corrected chi connectivity index (χ1v) is 6.69. The highest BCUT2D eigenvalue weighted by molar-refractivity contribution is 7.09. The number of hydrogen-bond acceptors (Lipinski definition) is 4. The molecule has 0 aliphatic carbocycles. The van der Waals surface area contributed by atoms with Gasteiger partial charge >= 0.3 is 0 Å². The van der Waals surface area contributed by atoms with E-state index in [1.165, 1.54) is 5.56 Å². The van der Waals surface area contributed by atoms with Gasteiger partial charge in [0, 0.05) is 11.9 Å². The van der Waals surface area contributed by atoms with Crippen LogP contribution in [0.4, 0.5) is 0 Å².